The molecule has 1 aromatic heterocycles. The van der Waals surface area contributed by atoms with Gasteiger partial charge in [0.1, 0.15) is 0 Å². The highest BCUT2D eigenvalue weighted by atomic mass is 79.9. The van der Waals surface area contributed by atoms with Crippen molar-refractivity contribution in [1.82, 2.24) is 5.43 Å². The zero-order valence-corrected chi connectivity index (χ0v) is 13.4. The van der Waals surface area contributed by atoms with Crippen LogP contribution < -0.4 is 11.3 Å². The lowest BCUT2D eigenvalue weighted by atomic mass is 10.2. The van der Waals surface area contributed by atoms with Gasteiger partial charge in [-0.3, -0.25) is 10.2 Å². The SMILES string of the molecule is Cc1sc(C(=O)NN)cc1COCc1cccc(Br)c1. The number of benzene rings is 1. The molecule has 2 aromatic rings. The number of nitrogens with two attached hydrogens (primary N) is 1. The Kier molecular flexibility index (Phi) is 5.31. The van der Waals surface area contributed by atoms with Gasteiger partial charge in [0.05, 0.1) is 18.1 Å². The predicted octanol–water partition coefficient (Wildman–Crippen LogP) is 3.14. The Labute approximate surface area is 130 Å². The molecule has 1 aromatic carbocycles. The fourth-order valence-electron chi connectivity index (χ4n) is 1.75. The third kappa shape index (κ3) is 3.89. The summed E-state index contributed by atoms with van der Waals surface area (Å²) in [7, 11) is 0. The van der Waals surface area contributed by atoms with Crippen LogP contribution in [0.4, 0.5) is 0 Å². The molecule has 106 valence electrons. The number of thiophene rings is 1. The van der Waals surface area contributed by atoms with Crippen LogP contribution in [-0.4, -0.2) is 5.91 Å². The molecule has 20 heavy (non-hydrogen) atoms. The van der Waals surface area contributed by atoms with Crippen molar-refractivity contribution in [2.24, 2.45) is 5.84 Å². The molecular weight excluding hydrogens is 340 g/mol. The summed E-state index contributed by atoms with van der Waals surface area (Å²) in [6.07, 6.45) is 0. The Morgan fingerprint density at radius 2 is 2.20 bits per heavy atom. The predicted molar refractivity (Wildman–Crippen MR) is 83.3 cm³/mol. The number of carbonyl (C=O) groups excluding carboxylic acids is 1. The first-order chi connectivity index (χ1) is 9.60. The van der Waals surface area contributed by atoms with E-state index in [0.29, 0.717) is 18.1 Å². The van der Waals surface area contributed by atoms with E-state index in [1.807, 2.05) is 37.3 Å². The van der Waals surface area contributed by atoms with Crippen molar-refractivity contribution < 1.29 is 9.53 Å². The van der Waals surface area contributed by atoms with Gasteiger partial charge in [-0.15, -0.1) is 11.3 Å². The van der Waals surface area contributed by atoms with E-state index >= 15 is 0 Å². The third-order valence-corrected chi connectivity index (χ3v) is 4.38. The second kappa shape index (κ2) is 6.99. The van der Waals surface area contributed by atoms with Crippen molar-refractivity contribution in [3.63, 3.8) is 0 Å². The second-order valence-electron chi connectivity index (χ2n) is 4.29. The van der Waals surface area contributed by atoms with E-state index in [0.717, 1.165) is 20.5 Å². The van der Waals surface area contributed by atoms with E-state index < -0.39 is 0 Å². The van der Waals surface area contributed by atoms with E-state index in [1.165, 1.54) is 11.3 Å². The second-order valence-corrected chi connectivity index (χ2v) is 6.46. The number of hydrazine groups is 1. The summed E-state index contributed by atoms with van der Waals surface area (Å²) in [4.78, 5) is 13.1. The van der Waals surface area contributed by atoms with Crippen LogP contribution in [0.25, 0.3) is 0 Å². The van der Waals surface area contributed by atoms with E-state index in [-0.39, 0.29) is 5.91 Å². The topological polar surface area (TPSA) is 64.4 Å². The lowest BCUT2D eigenvalue weighted by molar-refractivity contribution is 0.0956. The number of nitrogen functional groups attached to an aromatic ring is 1. The quantitative estimate of drug-likeness (QED) is 0.492. The summed E-state index contributed by atoms with van der Waals surface area (Å²) in [6, 6.07) is 9.81. The lowest BCUT2D eigenvalue weighted by Gasteiger charge is -2.04. The summed E-state index contributed by atoms with van der Waals surface area (Å²) in [6.45, 7) is 2.98. The summed E-state index contributed by atoms with van der Waals surface area (Å²) < 4.78 is 6.73. The van der Waals surface area contributed by atoms with Gasteiger partial charge in [-0.1, -0.05) is 28.1 Å². The van der Waals surface area contributed by atoms with Crippen LogP contribution in [0.3, 0.4) is 0 Å². The van der Waals surface area contributed by atoms with Gasteiger partial charge >= 0.3 is 0 Å². The highest BCUT2D eigenvalue weighted by Crippen LogP contribution is 2.22. The van der Waals surface area contributed by atoms with Crippen LogP contribution in [0.15, 0.2) is 34.8 Å². The molecule has 0 spiro atoms. The zero-order chi connectivity index (χ0) is 14.5. The molecule has 1 amide bonds. The Balaban J connectivity index is 1.94. The van der Waals surface area contributed by atoms with Gasteiger partial charge in [-0.2, -0.15) is 0 Å². The summed E-state index contributed by atoms with van der Waals surface area (Å²) in [5.41, 5.74) is 4.26. The molecular formula is C14H15BrN2O2S. The van der Waals surface area contributed by atoms with Crippen LogP contribution in [0.1, 0.15) is 25.7 Å². The van der Waals surface area contributed by atoms with E-state index in [9.17, 15) is 4.79 Å². The Morgan fingerprint density at radius 3 is 2.90 bits per heavy atom. The fraction of sp³-hybridized carbons (Fsp3) is 0.214. The first kappa shape index (κ1) is 15.2. The minimum atomic E-state index is -0.267. The van der Waals surface area contributed by atoms with Gasteiger partial charge in [0.25, 0.3) is 5.91 Å². The van der Waals surface area contributed by atoms with Crippen molar-refractivity contribution in [2.75, 3.05) is 0 Å². The van der Waals surface area contributed by atoms with Gasteiger partial charge in [-0.05, 0) is 36.2 Å². The van der Waals surface area contributed by atoms with Crippen molar-refractivity contribution >= 4 is 33.2 Å². The normalized spacial score (nSPS) is 10.6. The van der Waals surface area contributed by atoms with Crippen molar-refractivity contribution in [2.45, 2.75) is 20.1 Å². The first-order valence-electron chi connectivity index (χ1n) is 6.02. The maximum atomic E-state index is 11.4. The standard InChI is InChI=1S/C14H15BrN2O2S/c1-9-11(6-13(20-9)14(18)17-16)8-19-7-10-3-2-4-12(15)5-10/h2-6H,7-8,16H2,1H3,(H,17,18). The molecule has 0 radical (unpaired) electrons. The van der Waals surface area contributed by atoms with Crippen molar-refractivity contribution in [3.05, 3.63) is 55.7 Å². The molecule has 0 saturated heterocycles. The number of hydrogen-bond donors (Lipinski definition) is 2. The number of hydrogen-bond acceptors (Lipinski definition) is 4. The number of nitrogens with one attached hydrogen (secondary N) is 1. The number of rotatable bonds is 5. The van der Waals surface area contributed by atoms with E-state index in [2.05, 4.69) is 21.4 Å². The highest BCUT2D eigenvalue weighted by molar-refractivity contribution is 9.10. The van der Waals surface area contributed by atoms with Gasteiger partial charge < -0.3 is 4.74 Å². The van der Waals surface area contributed by atoms with Crippen LogP contribution in [0.2, 0.25) is 0 Å². The Hall–Kier alpha value is -1.21. The van der Waals surface area contributed by atoms with Gasteiger partial charge in [0.15, 0.2) is 0 Å². The average molecular weight is 355 g/mol. The molecule has 0 aliphatic rings. The van der Waals surface area contributed by atoms with E-state index in [1.54, 1.807) is 0 Å². The number of aryl methyl sites for hydroxylation is 1. The number of amides is 1. The number of carbonyl (C=O) groups is 1. The van der Waals surface area contributed by atoms with Crippen LogP contribution >= 0.6 is 27.3 Å². The maximum Gasteiger partial charge on any atom is 0.275 e. The third-order valence-electron chi connectivity index (χ3n) is 2.79. The molecule has 0 atom stereocenters. The number of halogens is 1. The lowest BCUT2D eigenvalue weighted by Crippen LogP contribution is -2.29. The van der Waals surface area contributed by atoms with Crippen LogP contribution in [-0.2, 0) is 18.0 Å². The molecule has 4 nitrogen and oxygen atoms in total. The smallest absolute Gasteiger partial charge is 0.275 e. The molecule has 0 unspecified atom stereocenters. The molecule has 0 bridgehead atoms. The minimum Gasteiger partial charge on any atom is -0.372 e. The average Bonchev–Trinajstić information content (AvgIpc) is 2.80. The van der Waals surface area contributed by atoms with Crippen molar-refractivity contribution in [3.8, 4) is 0 Å². The van der Waals surface area contributed by atoms with Gasteiger partial charge in [0, 0.05) is 9.35 Å². The van der Waals surface area contributed by atoms with Gasteiger partial charge in [-0.25, -0.2) is 5.84 Å². The molecule has 0 aliphatic carbocycles. The molecule has 0 aliphatic heterocycles. The Bertz CT molecular complexity index is 613. The van der Waals surface area contributed by atoms with Crippen LogP contribution in [0, 0.1) is 6.92 Å². The molecule has 1 heterocycles. The summed E-state index contributed by atoms with van der Waals surface area (Å²) in [5, 5.41) is 0. The minimum absolute atomic E-state index is 0.267. The molecule has 6 heteroatoms. The monoisotopic (exact) mass is 354 g/mol. The summed E-state index contributed by atoms with van der Waals surface area (Å²) >= 11 is 4.84. The largest absolute Gasteiger partial charge is 0.372 e. The van der Waals surface area contributed by atoms with E-state index in [4.69, 9.17) is 10.6 Å². The zero-order valence-electron chi connectivity index (χ0n) is 11.0. The highest BCUT2D eigenvalue weighted by Gasteiger charge is 2.11. The Morgan fingerprint density at radius 1 is 1.40 bits per heavy atom. The maximum absolute atomic E-state index is 11.4. The number of ether oxygens (including phenoxy) is 1. The summed E-state index contributed by atoms with van der Waals surface area (Å²) in [5.74, 6) is 4.86. The molecule has 0 fully saturated rings. The van der Waals surface area contributed by atoms with Crippen molar-refractivity contribution in [1.29, 1.82) is 0 Å². The first-order valence-corrected chi connectivity index (χ1v) is 7.63. The molecule has 2 rings (SSSR count). The molecule has 3 N–H and O–H groups in total. The van der Waals surface area contributed by atoms with Crippen LogP contribution in [0.5, 0.6) is 0 Å². The molecule has 0 saturated carbocycles. The van der Waals surface area contributed by atoms with Gasteiger partial charge in [0.2, 0.25) is 0 Å². The fourth-order valence-corrected chi connectivity index (χ4v) is 3.13.